The molecule has 0 aromatic rings. The van der Waals surface area contributed by atoms with E-state index >= 15 is 0 Å². The van der Waals surface area contributed by atoms with Gasteiger partial charge in [-0.2, -0.15) is 13.1 Å². The monoisotopic (exact) mass is 249 g/mol. The Bertz CT molecular complexity index is 305. The van der Waals surface area contributed by atoms with E-state index in [0.29, 0.717) is 12.6 Å². The van der Waals surface area contributed by atoms with Gasteiger partial charge < -0.3 is 5.32 Å². The predicted molar refractivity (Wildman–Crippen MR) is 65.4 cm³/mol. The Morgan fingerprint density at radius 3 is 2.56 bits per heavy atom. The van der Waals surface area contributed by atoms with Gasteiger partial charge in [0.1, 0.15) is 0 Å². The largest absolute Gasteiger partial charge is 0.310 e. The third-order valence-corrected chi connectivity index (χ3v) is 4.11. The van der Waals surface area contributed by atoms with Crippen LogP contribution in [0.5, 0.6) is 0 Å². The van der Waals surface area contributed by atoms with Crippen LogP contribution in [0.2, 0.25) is 0 Å². The van der Waals surface area contributed by atoms with E-state index in [9.17, 15) is 8.42 Å². The van der Waals surface area contributed by atoms with Gasteiger partial charge in [-0.1, -0.05) is 6.92 Å². The summed E-state index contributed by atoms with van der Waals surface area (Å²) in [5.74, 6) is 0. The molecule has 3 atom stereocenters. The highest BCUT2D eigenvalue weighted by Gasteiger charge is 2.27. The molecule has 1 rings (SSSR count). The topological polar surface area (TPSA) is 70.2 Å². The molecule has 1 heterocycles. The van der Waals surface area contributed by atoms with E-state index in [2.05, 4.69) is 21.7 Å². The summed E-state index contributed by atoms with van der Waals surface area (Å²) < 4.78 is 28.5. The van der Waals surface area contributed by atoms with Gasteiger partial charge in [-0.25, -0.2) is 4.72 Å². The van der Waals surface area contributed by atoms with E-state index in [-0.39, 0.29) is 12.1 Å². The van der Waals surface area contributed by atoms with E-state index in [4.69, 9.17) is 0 Å². The summed E-state index contributed by atoms with van der Waals surface area (Å²) >= 11 is 0. The second-order valence-electron chi connectivity index (χ2n) is 4.56. The summed E-state index contributed by atoms with van der Waals surface area (Å²) in [4.78, 5) is 0. The van der Waals surface area contributed by atoms with Crippen LogP contribution in [0.15, 0.2) is 0 Å². The Balaban J connectivity index is 2.47. The zero-order valence-corrected chi connectivity index (χ0v) is 11.1. The highest BCUT2D eigenvalue weighted by atomic mass is 32.2. The normalized spacial score (nSPS) is 31.6. The van der Waals surface area contributed by atoms with Gasteiger partial charge in [-0.3, -0.25) is 0 Å². The lowest BCUT2D eigenvalue weighted by atomic mass is 9.96. The molecule has 3 N–H and O–H groups in total. The third kappa shape index (κ3) is 4.37. The molecule has 96 valence electrons. The number of rotatable bonds is 5. The van der Waals surface area contributed by atoms with Crippen molar-refractivity contribution >= 4 is 10.2 Å². The first kappa shape index (κ1) is 13.9. The van der Waals surface area contributed by atoms with Crippen LogP contribution in [0.3, 0.4) is 0 Å². The van der Waals surface area contributed by atoms with Gasteiger partial charge >= 0.3 is 0 Å². The lowest BCUT2D eigenvalue weighted by Gasteiger charge is -2.34. The molecule has 1 aliphatic rings. The van der Waals surface area contributed by atoms with Crippen LogP contribution in [0.4, 0.5) is 0 Å². The van der Waals surface area contributed by atoms with Crippen molar-refractivity contribution in [2.24, 2.45) is 0 Å². The number of hydrogen-bond donors (Lipinski definition) is 3. The molecule has 0 saturated carbocycles. The maximum Gasteiger partial charge on any atom is 0.277 e. The predicted octanol–water partition coefficient (Wildman–Crippen LogP) is 0.349. The van der Waals surface area contributed by atoms with Crippen molar-refractivity contribution in [2.75, 3.05) is 6.54 Å². The van der Waals surface area contributed by atoms with Crippen LogP contribution < -0.4 is 14.8 Å². The minimum Gasteiger partial charge on any atom is -0.310 e. The van der Waals surface area contributed by atoms with Gasteiger partial charge in [-0.15, -0.1) is 0 Å². The minimum absolute atomic E-state index is 0.00874. The molecule has 1 fully saturated rings. The zero-order valence-electron chi connectivity index (χ0n) is 10.3. The molecule has 16 heavy (non-hydrogen) atoms. The Morgan fingerprint density at radius 2 is 2.00 bits per heavy atom. The molecule has 3 unspecified atom stereocenters. The van der Waals surface area contributed by atoms with Crippen molar-refractivity contribution < 1.29 is 8.42 Å². The SMILES string of the molecule is CCCNS(=O)(=O)NC1CCC(C)NC1C. The second kappa shape index (κ2) is 5.95. The Hall–Kier alpha value is -0.170. The molecule has 0 bridgehead atoms. The van der Waals surface area contributed by atoms with E-state index in [1.54, 1.807) is 0 Å². The minimum atomic E-state index is -3.33. The summed E-state index contributed by atoms with van der Waals surface area (Å²) in [6.07, 6.45) is 2.70. The molecular weight excluding hydrogens is 226 g/mol. The van der Waals surface area contributed by atoms with E-state index in [1.165, 1.54) is 0 Å². The molecule has 0 radical (unpaired) electrons. The second-order valence-corrected chi connectivity index (χ2v) is 6.09. The number of piperidine rings is 1. The average Bonchev–Trinajstić information content (AvgIpc) is 2.19. The smallest absolute Gasteiger partial charge is 0.277 e. The quantitative estimate of drug-likeness (QED) is 0.658. The summed E-state index contributed by atoms with van der Waals surface area (Å²) in [5.41, 5.74) is 0. The van der Waals surface area contributed by atoms with Crippen molar-refractivity contribution in [2.45, 2.75) is 58.2 Å². The van der Waals surface area contributed by atoms with E-state index in [0.717, 1.165) is 19.3 Å². The third-order valence-electron chi connectivity index (χ3n) is 2.91. The van der Waals surface area contributed by atoms with Crippen molar-refractivity contribution in [1.82, 2.24) is 14.8 Å². The summed E-state index contributed by atoms with van der Waals surface area (Å²) in [6, 6.07) is 0.645. The van der Waals surface area contributed by atoms with Crippen molar-refractivity contribution in [3.05, 3.63) is 0 Å². The van der Waals surface area contributed by atoms with Crippen LogP contribution in [0, 0.1) is 0 Å². The lowest BCUT2D eigenvalue weighted by Crippen LogP contribution is -2.56. The van der Waals surface area contributed by atoms with Crippen LogP contribution in [-0.4, -0.2) is 33.1 Å². The molecular formula is C10H23N3O2S. The highest BCUT2D eigenvalue weighted by molar-refractivity contribution is 7.87. The first-order valence-corrected chi connectivity index (χ1v) is 7.46. The maximum absolute atomic E-state index is 11.6. The summed E-state index contributed by atoms with van der Waals surface area (Å²) in [6.45, 7) is 6.56. The molecule has 6 heteroatoms. The van der Waals surface area contributed by atoms with Gasteiger partial charge in [0.05, 0.1) is 0 Å². The fraction of sp³-hybridized carbons (Fsp3) is 1.00. The molecule has 1 saturated heterocycles. The standard InChI is InChI=1S/C10H23N3O2S/c1-4-7-11-16(14,15)13-10-6-5-8(2)12-9(10)3/h8-13H,4-7H2,1-3H3. The van der Waals surface area contributed by atoms with Gasteiger partial charge in [0.15, 0.2) is 0 Å². The van der Waals surface area contributed by atoms with E-state index in [1.807, 2.05) is 13.8 Å². The van der Waals surface area contributed by atoms with Gasteiger partial charge in [0.25, 0.3) is 10.2 Å². The van der Waals surface area contributed by atoms with Gasteiger partial charge in [-0.05, 0) is 33.1 Å². The Morgan fingerprint density at radius 1 is 1.31 bits per heavy atom. The Labute approximate surface area is 98.6 Å². The summed E-state index contributed by atoms with van der Waals surface area (Å²) in [7, 11) is -3.33. The molecule has 0 amide bonds. The van der Waals surface area contributed by atoms with Crippen LogP contribution in [0.1, 0.15) is 40.0 Å². The number of hydrogen-bond acceptors (Lipinski definition) is 3. The lowest BCUT2D eigenvalue weighted by molar-refractivity contribution is 0.296. The Kier molecular flexibility index (Phi) is 5.17. The van der Waals surface area contributed by atoms with E-state index < -0.39 is 10.2 Å². The highest BCUT2D eigenvalue weighted by Crippen LogP contribution is 2.13. The van der Waals surface area contributed by atoms with Crippen LogP contribution in [0.25, 0.3) is 0 Å². The molecule has 0 aromatic heterocycles. The first-order valence-electron chi connectivity index (χ1n) is 5.97. The number of nitrogens with one attached hydrogen (secondary N) is 3. The van der Waals surface area contributed by atoms with Crippen molar-refractivity contribution in [3.63, 3.8) is 0 Å². The fourth-order valence-electron chi connectivity index (χ4n) is 1.97. The zero-order chi connectivity index (χ0) is 12.2. The van der Waals surface area contributed by atoms with Crippen LogP contribution >= 0.6 is 0 Å². The first-order chi connectivity index (χ1) is 7.44. The maximum atomic E-state index is 11.6. The average molecular weight is 249 g/mol. The molecule has 1 aliphatic heterocycles. The molecule has 5 nitrogen and oxygen atoms in total. The molecule has 0 spiro atoms. The van der Waals surface area contributed by atoms with Crippen LogP contribution in [-0.2, 0) is 10.2 Å². The van der Waals surface area contributed by atoms with Gasteiger partial charge in [0, 0.05) is 24.7 Å². The van der Waals surface area contributed by atoms with Gasteiger partial charge in [0.2, 0.25) is 0 Å². The van der Waals surface area contributed by atoms with Crippen molar-refractivity contribution in [1.29, 1.82) is 0 Å². The van der Waals surface area contributed by atoms with Crippen molar-refractivity contribution in [3.8, 4) is 0 Å². The molecule has 0 aromatic carbocycles. The summed E-state index contributed by atoms with van der Waals surface area (Å²) in [5, 5.41) is 3.35. The fourth-order valence-corrected chi connectivity index (χ4v) is 3.24. The molecule has 0 aliphatic carbocycles.